The average Bonchev–Trinajstić information content (AvgIpc) is 2.62. The van der Waals surface area contributed by atoms with Crippen molar-refractivity contribution in [2.45, 2.75) is 13.5 Å². The molecule has 0 spiro atoms. The first-order valence-electron chi connectivity index (χ1n) is 8.21. The molecule has 2 aromatic rings. The van der Waals surface area contributed by atoms with E-state index in [0.717, 1.165) is 31.7 Å². The number of hydrogen-bond acceptors (Lipinski definition) is 2. The smallest absolute Gasteiger partial charge is 0.317 e. The van der Waals surface area contributed by atoms with Crippen molar-refractivity contribution >= 4 is 23.3 Å². The topological polar surface area (TPSA) is 35.6 Å². The molecule has 5 heteroatoms. The van der Waals surface area contributed by atoms with Crippen LogP contribution in [-0.4, -0.2) is 37.1 Å². The molecule has 24 heavy (non-hydrogen) atoms. The molecule has 3 rings (SSSR count). The summed E-state index contributed by atoms with van der Waals surface area (Å²) in [7, 11) is 0. The summed E-state index contributed by atoms with van der Waals surface area (Å²) in [4.78, 5) is 16.5. The van der Waals surface area contributed by atoms with Gasteiger partial charge in [0.1, 0.15) is 0 Å². The van der Waals surface area contributed by atoms with Crippen molar-refractivity contribution in [1.29, 1.82) is 0 Å². The van der Waals surface area contributed by atoms with Crippen LogP contribution in [0.15, 0.2) is 48.5 Å². The quantitative estimate of drug-likeness (QED) is 0.922. The molecule has 1 N–H and O–H groups in total. The minimum atomic E-state index is -0.0292. The van der Waals surface area contributed by atoms with Crippen LogP contribution in [0.2, 0.25) is 5.02 Å². The molecular weight excluding hydrogens is 322 g/mol. The Hall–Kier alpha value is -2.20. The number of benzene rings is 2. The second-order valence-corrected chi connectivity index (χ2v) is 6.47. The number of amides is 2. The normalized spacial score (nSPS) is 14.6. The van der Waals surface area contributed by atoms with Crippen molar-refractivity contribution < 1.29 is 4.79 Å². The highest BCUT2D eigenvalue weighted by Crippen LogP contribution is 2.17. The summed E-state index contributed by atoms with van der Waals surface area (Å²) in [5, 5.41) is 3.64. The Kier molecular flexibility index (Phi) is 5.26. The van der Waals surface area contributed by atoms with Gasteiger partial charge in [-0.25, -0.2) is 4.79 Å². The maximum Gasteiger partial charge on any atom is 0.317 e. The molecule has 1 saturated heterocycles. The molecule has 0 unspecified atom stereocenters. The highest BCUT2D eigenvalue weighted by molar-refractivity contribution is 6.31. The van der Waals surface area contributed by atoms with Crippen LogP contribution in [-0.2, 0) is 6.54 Å². The number of carbonyl (C=O) groups excluding carboxylic acids is 1. The van der Waals surface area contributed by atoms with Crippen molar-refractivity contribution in [3.05, 3.63) is 64.7 Å². The van der Waals surface area contributed by atoms with E-state index in [2.05, 4.69) is 41.4 Å². The number of piperazine rings is 1. The van der Waals surface area contributed by atoms with Gasteiger partial charge in [0.05, 0.1) is 0 Å². The second kappa shape index (κ2) is 7.58. The van der Waals surface area contributed by atoms with E-state index in [1.165, 1.54) is 11.3 Å². The molecule has 0 aromatic heterocycles. The molecular formula is C19H22ClN3O. The van der Waals surface area contributed by atoms with Crippen LogP contribution in [0.25, 0.3) is 0 Å². The molecule has 1 heterocycles. The van der Waals surface area contributed by atoms with Gasteiger partial charge in [0.25, 0.3) is 0 Å². The van der Waals surface area contributed by atoms with E-state index in [1.54, 1.807) is 0 Å². The molecule has 0 radical (unpaired) electrons. The maximum atomic E-state index is 12.3. The lowest BCUT2D eigenvalue weighted by atomic mass is 10.2. The summed E-state index contributed by atoms with van der Waals surface area (Å²) in [6, 6.07) is 16.1. The Morgan fingerprint density at radius 3 is 2.38 bits per heavy atom. The number of nitrogens with one attached hydrogen (secondary N) is 1. The third-order valence-corrected chi connectivity index (χ3v) is 4.72. The fourth-order valence-corrected chi connectivity index (χ4v) is 3.05. The van der Waals surface area contributed by atoms with Crippen LogP contribution in [0.3, 0.4) is 0 Å². The summed E-state index contributed by atoms with van der Waals surface area (Å²) < 4.78 is 0. The minimum absolute atomic E-state index is 0.0292. The number of halogens is 1. The van der Waals surface area contributed by atoms with E-state index in [1.807, 2.05) is 29.2 Å². The zero-order valence-electron chi connectivity index (χ0n) is 13.8. The molecule has 0 aliphatic carbocycles. The van der Waals surface area contributed by atoms with Gasteiger partial charge in [-0.05, 0) is 30.7 Å². The molecule has 1 fully saturated rings. The SMILES string of the molecule is Cc1ccc(N2CCN(C(=O)NCc3ccccc3Cl)CC2)cc1. The fourth-order valence-electron chi connectivity index (χ4n) is 2.85. The average molecular weight is 344 g/mol. The van der Waals surface area contributed by atoms with Gasteiger partial charge in [0.2, 0.25) is 0 Å². The summed E-state index contributed by atoms with van der Waals surface area (Å²) in [5.41, 5.74) is 3.42. The van der Waals surface area contributed by atoms with Crippen LogP contribution in [0.5, 0.6) is 0 Å². The fraction of sp³-hybridized carbons (Fsp3) is 0.316. The zero-order chi connectivity index (χ0) is 16.9. The lowest BCUT2D eigenvalue weighted by Crippen LogP contribution is -2.51. The first kappa shape index (κ1) is 16.7. The van der Waals surface area contributed by atoms with Gasteiger partial charge in [0, 0.05) is 43.4 Å². The first-order valence-corrected chi connectivity index (χ1v) is 8.59. The van der Waals surface area contributed by atoms with Gasteiger partial charge in [0.15, 0.2) is 0 Å². The second-order valence-electron chi connectivity index (χ2n) is 6.06. The number of carbonyl (C=O) groups is 1. The predicted molar refractivity (Wildman–Crippen MR) is 98.7 cm³/mol. The molecule has 126 valence electrons. The lowest BCUT2D eigenvalue weighted by Gasteiger charge is -2.36. The summed E-state index contributed by atoms with van der Waals surface area (Å²) in [6.45, 7) is 5.69. The molecule has 1 aliphatic rings. The first-order chi connectivity index (χ1) is 11.6. The molecule has 1 aliphatic heterocycles. The standard InChI is InChI=1S/C19H22ClN3O/c1-15-6-8-17(9-7-15)22-10-12-23(13-11-22)19(24)21-14-16-4-2-3-5-18(16)20/h2-9H,10-14H2,1H3,(H,21,24). The van der Waals surface area contributed by atoms with Crippen molar-refractivity contribution in [2.24, 2.45) is 0 Å². The number of anilines is 1. The molecule has 2 amide bonds. The monoisotopic (exact) mass is 343 g/mol. The van der Waals surface area contributed by atoms with Crippen LogP contribution in [0.4, 0.5) is 10.5 Å². The number of urea groups is 1. The van der Waals surface area contributed by atoms with Crippen LogP contribution < -0.4 is 10.2 Å². The van der Waals surface area contributed by atoms with Gasteiger partial charge in [-0.1, -0.05) is 47.5 Å². The van der Waals surface area contributed by atoms with E-state index in [-0.39, 0.29) is 6.03 Å². The maximum absolute atomic E-state index is 12.3. The van der Waals surface area contributed by atoms with Crippen LogP contribution in [0.1, 0.15) is 11.1 Å². The zero-order valence-corrected chi connectivity index (χ0v) is 14.6. The van der Waals surface area contributed by atoms with Crippen molar-refractivity contribution in [3.8, 4) is 0 Å². The van der Waals surface area contributed by atoms with Crippen molar-refractivity contribution in [2.75, 3.05) is 31.1 Å². The summed E-state index contributed by atoms with van der Waals surface area (Å²) >= 11 is 6.12. The third kappa shape index (κ3) is 4.01. The van der Waals surface area contributed by atoms with E-state index < -0.39 is 0 Å². The lowest BCUT2D eigenvalue weighted by molar-refractivity contribution is 0.194. The Morgan fingerprint density at radius 2 is 1.71 bits per heavy atom. The van der Waals surface area contributed by atoms with Gasteiger partial charge >= 0.3 is 6.03 Å². The summed E-state index contributed by atoms with van der Waals surface area (Å²) in [6.07, 6.45) is 0. The van der Waals surface area contributed by atoms with Crippen LogP contribution in [0, 0.1) is 6.92 Å². The molecule has 2 aromatic carbocycles. The van der Waals surface area contributed by atoms with E-state index in [0.29, 0.717) is 11.6 Å². The molecule has 4 nitrogen and oxygen atoms in total. The predicted octanol–water partition coefficient (Wildman–Crippen LogP) is 3.68. The Balaban J connectivity index is 1.50. The van der Waals surface area contributed by atoms with Crippen LogP contribution >= 0.6 is 11.6 Å². The highest BCUT2D eigenvalue weighted by Gasteiger charge is 2.21. The Bertz CT molecular complexity index is 694. The Morgan fingerprint density at radius 1 is 1.04 bits per heavy atom. The molecule has 0 atom stereocenters. The summed E-state index contributed by atoms with van der Waals surface area (Å²) in [5.74, 6) is 0. The third-order valence-electron chi connectivity index (χ3n) is 4.35. The van der Waals surface area contributed by atoms with Crippen molar-refractivity contribution in [3.63, 3.8) is 0 Å². The van der Waals surface area contributed by atoms with Gasteiger partial charge in [-0.15, -0.1) is 0 Å². The van der Waals surface area contributed by atoms with E-state index >= 15 is 0 Å². The van der Waals surface area contributed by atoms with E-state index in [4.69, 9.17) is 11.6 Å². The highest BCUT2D eigenvalue weighted by atomic mass is 35.5. The van der Waals surface area contributed by atoms with Crippen molar-refractivity contribution in [1.82, 2.24) is 10.2 Å². The van der Waals surface area contributed by atoms with Gasteiger partial charge in [-0.3, -0.25) is 0 Å². The molecule has 0 saturated carbocycles. The number of hydrogen-bond donors (Lipinski definition) is 1. The minimum Gasteiger partial charge on any atom is -0.368 e. The largest absolute Gasteiger partial charge is 0.368 e. The Labute approximate surface area is 148 Å². The number of rotatable bonds is 3. The molecule has 0 bridgehead atoms. The van der Waals surface area contributed by atoms with E-state index in [9.17, 15) is 4.79 Å². The number of aryl methyl sites for hydroxylation is 1. The van der Waals surface area contributed by atoms with Gasteiger partial charge < -0.3 is 15.1 Å². The number of nitrogens with zero attached hydrogens (tertiary/aromatic N) is 2. The van der Waals surface area contributed by atoms with Gasteiger partial charge in [-0.2, -0.15) is 0 Å².